The molecule has 0 bridgehead atoms. The predicted molar refractivity (Wildman–Crippen MR) is 86.7 cm³/mol. The second kappa shape index (κ2) is 10.8. The van der Waals surface area contributed by atoms with E-state index < -0.39 is 6.10 Å². The Hall–Kier alpha value is -0.910. The fraction of sp³-hybridized carbons (Fsp3) is 0.824. The van der Waals surface area contributed by atoms with Crippen molar-refractivity contribution in [1.82, 2.24) is 4.90 Å². The van der Waals surface area contributed by atoms with E-state index in [1.807, 2.05) is 0 Å². The fourth-order valence-corrected chi connectivity index (χ4v) is 2.65. The van der Waals surface area contributed by atoms with Crippen LogP contribution >= 0.6 is 0 Å². The number of hydrogen-bond acceptors (Lipinski definition) is 5. The van der Waals surface area contributed by atoms with Gasteiger partial charge < -0.3 is 19.5 Å². The van der Waals surface area contributed by atoms with E-state index in [4.69, 9.17) is 4.74 Å². The molecule has 0 aliphatic carbocycles. The van der Waals surface area contributed by atoms with Gasteiger partial charge in [0.2, 0.25) is 0 Å². The Labute approximate surface area is 134 Å². The number of esters is 1. The second-order valence-corrected chi connectivity index (χ2v) is 6.22. The number of nitrogens with zero attached hydrogens (tertiary/aromatic N) is 1. The summed E-state index contributed by atoms with van der Waals surface area (Å²) in [4.78, 5) is 13.4. The predicted octanol–water partition coefficient (Wildman–Crippen LogP) is 2.14. The summed E-state index contributed by atoms with van der Waals surface area (Å²) < 4.78 is 10.4. The molecule has 1 N–H and O–H groups in total. The van der Waals surface area contributed by atoms with E-state index in [-0.39, 0.29) is 24.6 Å². The van der Waals surface area contributed by atoms with E-state index in [0.29, 0.717) is 6.42 Å². The zero-order valence-electron chi connectivity index (χ0n) is 14.2. The number of hydrogen-bond donors (Lipinski definition) is 1. The Morgan fingerprint density at radius 1 is 1.36 bits per heavy atom. The summed E-state index contributed by atoms with van der Waals surface area (Å²) in [5.41, 5.74) is 0. The summed E-state index contributed by atoms with van der Waals surface area (Å²) >= 11 is 0. The van der Waals surface area contributed by atoms with Gasteiger partial charge in [0.05, 0.1) is 31.8 Å². The highest BCUT2D eigenvalue weighted by atomic mass is 16.5. The molecule has 0 aromatic heterocycles. The molecule has 5 heteroatoms. The molecule has 0 unspecified atom stereocenters. The average Bonchev–Trinajstić information content (AvgIpc) is 2.94. The number of aliphatic hydroxyl groups excluding tert-OH is 1. The molecule has 0 aromatic rings. The Morgan fingerprint density at radius 3 is 2.77 bits per heavy atom. The average molecular weight is 313 g/mol. The maximum atomic E-state index is 11.2. The van der Waals surface area contributed by atoms with Crippen LogP contribution in [0.2, 0.25) is 0 Å². The van der Waals surface area contributed by atoms with Gasteiger partial charge in [0, 0.05) is 0 Å². The van der Waals surface area contributed by atoms with E-state index in [1.165, 1.54) is 7.11 Å². The van der Waals surface area contributed by atoms with Gasteiger partial charge in [-0.1, -0.05) is 12.2 Å². The number of unbranched alkanes of at least 4 members (excludes halogenated alkanes) is 1. The van der Waals surface area contributed by atoms with Gasteiger partial charge in [-0.3, -0.25) is 4.79 Å². The molecule has 0 saturated carbocycles. The maximum absolute atomic E-state index is 11.2. The normalized spacial score (nSPS) is 23.3. The molecule has 1 aliphatic heterocycles. The lowest BCUT2D eigenvalue weighted by molar-refractivity contribution is -0.144. The van der Waals surface area contributed by atoms with Crippen molar-refractivity contribution in [3.8, 4) is 0 Å². The standard InChI is InChI=1S/C17H31NO4/c1-18(2)12-8-6-4-5-7-9-15(19)16-11-10-14(22-16)13-17(20)21-3/h4-5,14-16,19H,6-13H2,1-3H3/b5-4-/t14-,15-,16+/m0/s1. The molecule has 22 heavy (non-hydrogen) atoms. The van der Waals surface area contributed by atoms with Gasteiger partial charge in [0.15, 0.2) is 0 Å². The zero-order chi connectivity index (χ0) is 16.4. The minimum atomic E-state index is -0.450. The molecule has 5 nitrogen and oxygen atoms in total. The van der Waals surface area contributed by atoms with Gasteiger partial charge in [0.25, 0.3) is 0 Å². The Balaban J connectivity index is 2.11. The number of aliphatic hydroxyl groups is 1. The first kappa shape index (κ1) is 19.1. The minimum Gasteiger partial charge on any atom is -0.469 e. The SMILES string of the molecule is COC(=O)C[C@@H]1CC[C@H]([C@@H](O)CC/C=C\CCCN(C)C)O1. The number of carbonyl (C=O) groups is 1. The molecular weight excluding hydrogens is 282 g/mol. The first-order valence-corrected chi connectivity index (χ1v) is 8.23. The summed E-state index contributed by atoms with van der Waals surface area (Å²) in [5.74, 6) is -0.249. The van der Waals surface area contributed by atoms with Crippen molar-refractivity contribution in [2.45, 2.75) is 63.3 Å². The first-order chi connectivity index (χ1) is 10.5. The third-order valence-electron chi connectivity index (χ3n) is 3.96. The topological polar surface area (TPSA) is 59.0 Å². The molecule has 1 saturated heterocycles. The highest BCUT2D eigenvalue weighted by Gasteiger charge is 2.31. The number of rotatable bonds is 10. The van der Waals surface area contributed by atoms with Crippen LogP contribution in [0.1, 0.15) is 44.9 Å². The molecule has 1 rings (SSSR count). The lowest BCUT2D eigenvalue weighted by Crippen LogP contribution is -2.27. The Kier molecular flexibility index (Phi) is 9.36. The first-order valence-electron chi connectivity index (χ1n) is 8.23. The molecule has 128 valence electrons. The third kappa shape index (κ3) is 7.92. The zero-order valence-corrected chi connectivity index (χ0v) is 14.2. The highest BCUT2D eigenvalue weighted by Crippen LogP contribution is 2.26. The molecule has 1 fully saturated rings. The highest BCUT2D eigenvalue weighted by molar-refractivity contribution is 5.69. The molecule has 0 aromatic carbocycles. The van der Waals surface area contributed by atoms with Crippen molar-refractivity contribution < 1.29 is 19.4 Å². The maximum Gasteiger partial charge on any atom is 0.308 e. The molecule has 3 atom stereocenters. The van der Waals surface area contributed by atoms with Crippen molar-refractivity contribution in [2.75, 3.05) is 27.7 Å². The monoisotopic (exact) mass is 313 g/mol. The number of carbonyl (C=O) groups excluding carboxylic acids is 1. The van der Waals surface area contributed by atoms with Crippen LogP contribution in [0.5, 0.6) is 0 Å². The molecular formula is C17H31NO4. The van der Waals surface area contributed by atoms with E-state index in [0.717, 1.165) is 38.6 Å². The minimum absolute atomic E-state index is 0.103. The van der Waals surface area contributed by atoms with E-state index in [9.17, 15) is 9.90 Å². The summed E-state index contributed by atoms with van der Waals surface area (Å²) in [5, 5.41) is 10.2. The second-order valence-electron chi connectivity index (χ2n) is 6.22. The Bertz CT molecular complexity index is 344. The van der Waals surface area contributed by atoms with E-state index in [2.05, 4.69) is 35.9 Å². The van der Waals surface area contributed by atoms with E-state index >= 15 is 0 Å². The van der Waals surface area contributed by atoms with Crippen LogP contribution in [0.15, 0.2) is 12.2 Å². The number of methoxy groups -OCH3 is 1. The van der Waals surface area contributed by atoms with Crippen LogP contribution in [-0.4, -0.2) is 62.0 Å². The lowest BCUT2D eigenvalue weighted by atomic mass is 10.0. The van der Waals surface area contributed by atoms with Crippen LogP contribution in [0.25, 0.3) is 0 Å². The van der Waals surface area contributed by atoms with Crippen LogP contribution in [0, 0.1) is 0 Å². The quantitative estimate of drug-likeness (QED) is 0.380. The van der Waals surface area contributed by atoms with Gasteiger partial charge in [-0.25, -0.2) is 0 Å². The van der Waals surface area contributed by atoms with E-state index in [1.54, 1.807) is 0 Å². The molecule has 0 radical (unpaired) electrons. The van der Waals surface area contributed by atoms with Crippen LogP contribution in [0.3, 0.4) is 0 Å². The molecule has 1 aliphatic rings. The Morgan fingerprint density at radius 2 is 2.09 bits per heavy atom. The van der Waals surface area contributed by atoms with Gasteiger partial charge in [-0.05, 0) is 59.2 Å². The lowest BCUT2D eigenvalue weighted by Gasteiger charge is -2.18. The van der Waals surface area contributed by atoms with Gasteiger partial charge in [-0.2, -0.15) is 0 Å². The van der Waals surface area contributed by atoms with Crippen LogP contribution in [-0.2, 0) is 14.3 Å². The molecule has 0 spiro atoms. The summed E-state index contributed by atoms with van der Waals surface area (Å²) in [6.45, 7) is 1.10. The van der Waals surface area contributed by atoms with Gasteiger partial charge in [-0.15, -0.1) is 0 Å². The van der Waals surface area contributed by atoms with Crippen molar-refractivity contribution in [3.63, 3.8) is 0 Å². The summed E-state index contributed by atoms with van der Waals surface area (Å²) in [6, 6.07) is 0. The fourth-order valence-electron chi connectivity index (χ4n) is 2.65. The van der Waals surface area contributed by atoms with Crippen molar-refractivity contribution in [1.29, 1.82) is 0 Å². The number of allylic oxidation sites excluding steroid dienone is 2. The molecule has 0 amide bonds. The van der Waals surface area contributed by atoms with Gasteiger partial charge >= 0.3 is 5.97 Å². The number of ether oxygens (including phenoxy) is 2. The largest absolute Gasteiger partial charge is 0.469 e. The third-order valence-corrected chi connectivity index (χ3v) is 3.96. The molecule has 1 heterocycles. The van der Waals surface area contributed by atoms with Crippen molar-refractivity contribution in [2.24, 2.45) is 0 Å². The van der Waals surface area contributed by atoms with Crippen LogP contribution in [0.4, 0.5) is 0 Å². The summed E-state index contributed by atoms with van der Waals surface area (Å²) in [6.07, 6.45) is 9.36. The van der Waals surface area contributed by atoms with Crippen LogP contribution < -0.4 is 0 Å². The van der Waals surface area contributed by atoms with Crippen molar-refractivity contribution >= 4 is 5.97 Å². The van der Waals surface area contributed by atoms with Gasteiger partial charge in [0.1, 0.15) is 0 Å². The van der Waals surface area contributed by atoms with Crippen molar-refractivity contribution in [3.05, 3.63) is 12.2 Å². The smallest absolute Gasteiger partial charge is 0.308 e. The summed E-state index contributed by atoms with van der Waals surface area (Å²) in [7, 11) is 5.54.